The van der Waals surface area contributed by atoms with Crippen LogP contribution in [-0.2, 0) is 0 Å². The average Bonchev–Trinajstić information content (AvgIpc) is 2.07. The summed E-state index contributed by atoms with van der Waals surface area (Å²) >= 11 is 0. The van der Waals surface area contributed by atoms with Crippen molar-refractivity contribution in [1.29, 1.82) is 0 Å². The van der Waals surface area contributed by atoms with E-state index < -0.39 is 0 Å². The largest absolute Gasteiger partial charge is 0.359 e. The van der Waals surface area contributed by atoms with Gasteiger partial charge < -0.3 is 4.90 Å². The van der Waals surface area contributed by atoms with Gasteiger partial charge in [0.25, 0.3) is 0 Å². The second-order valence-corrected chi connectivity index (χ2v) is 2.70. The van der Waals surface area contributed by atoms with Gasteiger partial charge in [0.2, 0.25) is 0 Å². The minimum absolute atomic E-state index is 0.383. The van der Waals surface area contributed by atoms with E-state index in [2.05, 4.69) is 23.5 Å². The number of hydrogen-bond donors (Lipinski definition) is 0. The maximum Gasteiger partial charge on any atom is 0.0915 e. The Morgan fingerprint density at radius 3 is 3.08 bits per heavy atom. The van der Waals surface area contributed by atoms with Crippen LogP contribution in [0.4, 0.5) is 0 Å². The fourth-order valence-corrected chi connectivity index (χ4v) is 0.876. The first-order chi connectivity index (χ1) is 5.74. The zero-order valence-electron chi connectivity index (χ0n) is 7.44. The van der Waals surface area contributed by atoms with Gasteiger partial charge in [0.1, 0.15) is 0 Å². The van der Waals surface area contributed by atoms with Crippen LogP contribution in [0.25, 0.3) is 0 Å². The Hall–Kier alpha value is -1.38. The highest BCUT2D eigenvalue weighted by atomic mass is 15.2. The Morgan fingerprint density at radius 1 is 1.75 bits per heavy atom. The SMILES string of the molecule is C=CN=CC1=CC(C)N(C)C=N1. The van der Waals surface area contributed by atoms with Gasteiger partial charge in [-0.15, -0.1) is 0 Å². The average molecular weight is 163 g/mol. The Morgan fingerprint density at radius 2 is 2.50 bits per heavy atom. The van der Waals surface area contributed by atoms with Crippen LogP contribution in [0.2, 0.25) is 0 Å². The standard InChI is InChI=1S/C9H13N3/c1-4-10-6-9-5-8(2)12(3)7-11-9/h4-8H,1H2,2-3H3. The van der Waals surface area contributed by atoms with Crippen LogP contribution >= 0.6 is 0 Å². The van der Waals surface area contributed by atoms with Crippen LogP contribution < -0.4 is 0 Å². The zero-order valence-corrected chi connectivity index (χ0v) is 7.44. The Labute approximate surface area is 72.8 Å². The summed E-state index contributed by atoms with van der Waals surface area (Å²) in [7, 11) is 1.99. The first kappa shape index (κ1) is 8.71. The molecule has 1 aliphatic rings. The number of likely N-dealkylation sites (N-methyl/N-ethyl adjacent to an activating group) is 1. The summed E-state index contributed by atoms with van der Waals surface area (Å²) in [6.45, 7) is 5.60. The van der Waals surface area contributed by atoms with E-state index in [-0.39, 0.29) is 0 Å². The van der Waals surface area contributed by atoms with Crippen molar-refractivity contribution in [3.63, 3.8) is 0 Å². The highest BCUT2D eigenvalue weighted by molar-refractivity contribution is 5.82. The monoisotopic (exact) mass is 163 g/mol. The predicted octanol–water partition coefficient (Wildman–Crippen LogP) is 1.45. The molecule has 12 heavy (non-hydrogen) atoms. The molecule has 0 aromatic rings. The number of aliphatic imine (C=N–C) groups is 2. The summed E-state index contributed by atoms with van der Waals surface area (Å²) in [5.41, 5.74) is 0.889. The maximum atomic E-state index is 4.16. The predicted molar refractivity (Wildman–Crippen MR) is 52.5 cm³/mol. The lowest BCUT2D eigenvalue weighted by Gasteiger charge is -2.22. The van der Waals surface area contributed by atoms with Gasteiger partial charge in [-0.1, -0.05) is 6.58 Å². The molecule has 0 amide bonds. The van der Waals surface area contributed by atoms with Crippen LogP contribution in [0.5, 0.6) is 0 Å². The molecule has 1 aliphatic heterocycles. The van der Waals surface area contributed by atoms with Gasteiger partial charge in [0.15, 0.2) is 0 Å². The quantitative estimate of drug-likeness (QED) is 0.566. The lowest BCUT2D eigenvalue weighted by molar-refractivity contribution is 0.458. The molecule has 0 saturated carbocycles. The van der Waals surface area contributed by atoms with Crippen molar-refractivity contribution in [2.75, 3.05) is 7.05 Å². The molecule has 0 radical (unpaired) electrons. The smallest absolute Gasteiger partial charge is 0.0915 e. The first-order valence-corrected chi connectivity index (χ1v) is 3.86. The van der Waals surface area contributed by atoms with E-state index in [9.17, 15) is 0 Å². The highest BCUT2D eigenvalue weighted by Crippen LogP contribution is 2.06. The van der Waals surface area contributed by atoms with Crippen molar-refractivity contribution in [2.45, 2.75) is 13.0 Å². The van der Waals surface area contributed by atoms with Crippen molar-refractivity contribution < 1.29 is 0 Å². The molecule has 0 saturated heterocycles. The van der Waals surface area contributed by atoms with Gasteiger partial charge in [-0.25, -0.2) is 4.99 Å². The van der Waals surface area contributed by atoms with Gasteiger partial charge in [-0.2, -0.15) is 0 Å². The Kier molecular flexibility index (Phi) is 2.80. The summed E-state index contributed by atoms with van der Waals surface area (Å²) in [5, 5.41) is 0. The highest BCUT2D eigenvalue weighted by Gasteiger charge is 2.07. The molecule has 0 spiro atoms. The molecule has 1 unspecified atom stereocenters. The van der Waals surface area contributed by atoms with E-state index in [1.807, 2.05) is 18.0 Å². The van der Waals surface area contributed by atoms with E-state index >= 15 is 0 Å². The topological polar surface area (TPSA) is 28.0 Å². The van der Waals surface area contributed by atoms with Gasteiger partial charge in [0.05, 0.1) is 18.3 Å². The van der Waals surface area contributed by atoms with E-state index in [0.717, 1.165) is 5.70 Å². The van der Waals surface area contributed by atoms with Crippen molar-refractivity contribution >= 4 is 12.6 Å². The van der Waals surface area contributed by atoms with E-state index in [1.54, 1.807) is 12.6 Å². The lowest BCUT2D eigenvalue weighted by Crippen LogP contribution is -2.28. The number of allylic oxidation sites excluding steroid dienone is 1. The molecule has 1 atom stereocenters. The van der Waals surface area contributed by atoms with Gasteiger partial charge in [-0.3, -0.25) is 4.99 Å². The third kappa shape index (κ3) is 2.05. The number of rotatable bonds is 2. The Bertz CT molecular complexity index is 250. The van der Waals surface area contributed by atoms with Crippen LogP contribution in [0.15, 0.2) is 34.5 Å². The van der Waals surface area contributed by atoms with Crippen molar-refractivity contribution in [1.82, 2.24) is 4.90 Å². The van der Waals surface area contributed by atoms with Crippen molar-refractivity contribution in [3.05, 3.63) is 24.6 Å². The fraction of sp³-hybridized carbons (Fsp3) is 0.333. The summed E-state index contributed by atoms with van der Waals surface area (Å²) in [4.78, 5) is 10.1. The fourth-order valence-electron chi connectivity index (χ4n) is 0.876. The molecule has 1 heterocycles. The van der Waals surface area contributed by atoms with E-state index in [0.29, 0.717) is 6.04 Å². The summed E-state index contributed by atoms with van der Waals surface area (Å²) < 4.78 is 0. The molecular formula is C9H13N3. The summed E-state index contributed by atoms with van der Waals surface area (Å²) in [6.07, 6.45) is 7.05. The Balaban J connectivity index is 2.69. The molecule has 0 bridgehead atoms. The van der Waals surface area contributed by atoms with Crippen LogP contribution in [0.3, 0.4) is 0 Å². The minimum Gasteiger partial charge on any atom is -0.359 e. The molecule has 0 N–H and O–H groups in total. The van der Waals surface area contributed by atoms with Crippen molar-refractivity contribution in [2.24, 2.45) is 9.98 Å². The minimum atomic E-state index is 0.383. The van der Waals surface area contributed by atoms with Gasteiger partial charge in [-0.05, 0) is 13.0 Å². The van der Waals surface area contributed by atoms with Gasteiger partial charge >= 0.3 is 0 Å². The molecule has 0 aromatic carbocycles. The molecule has 3 heteroatoms. The second kappa shape index (κ2) is 3.85. The van der Waals surface area contributed by atoms with Crippen LogP contribution in [-0.4, -0.2) is 30.5 Å². The van der Waals surface area contributed by atoms with Crippen molar-refractivity contribution in [3.8, 4) is 0 Å². The molecule has 0 aromatic heterocycles. The first-order valence-electron chi connectivity index (χ1n) is 3.86. The molecule has 64 valence electrons. The third-order valence-electron chi connectivity index (χ3n) is 1.76. The summed E-state index contributed by atoms with van der Waals surface area (Å²) in [5.74, 6) is 0. The lowest BCUT2D eigenvalue weighted by atomic mass is 10.2. The maximum absolute atomic E-state index is 4.16. The van der Waals surface area contributed by atoms with E-state index in [4.69, 9.17) is 0 Å². The normalized spacial score (nSPS) is 23.0. The van der Waals surface area contributed by atoms with Gasteiger partial charge in [0, 0.05) is 19.3 Å². The molecule has 3 nitrogen and oxygen atoms in total. The summed E-state index contributed by atoms with van der Waals surface area (Å²) in [6, 6.07) is 0.383. The molecule has 0 fully saturated rings. The van der Waals surface area contributed by atoms with E-state index in [1.165, 1.54) is 6.20 Å². The number of hydrogen-bond acceptors (Lipinski definition) is 3. The second-order valence-electron chi connectivity index (χ2n) is 2.70. The third-order valence-corrected chi connectivity index (χ3v) is 1.76. The number of nitrogens with zero attached hydrogens (tertiary/aromatic N) is 3. The molecular weight excluding hydrogens is 150 g/mol. The van der Waals surface area contributed by atoms with Crippen LogP contribution in [0.1, 0.15) is 6.92 Å². The van der Waals surface area contributed by atoms with Crippen LogP contribution in [0, 0.1) is 0 Å². The molecule has 1 rings (SSSR count). The molecule has 0 aliphatic carbocycles. The zero-order chi connectivity index (χ0) is 8.97.